The van der Waals surface area contributed by atoms with E-state index in [1.54, 1.807) is 0 Å². The first-order valence-electron chi connectivity index (χ1n) is 22.6. The monoisotopic (exact) mass is 804 g/mol. The van der Waals surface area contributed by atoms with E-state index in [9.17, 15) is 0 Å². The highest BCUT2D eigenvalue weighted by atomic mass is 16.3. The Morgan fingerprint density at radius 2 is 0.938 bits per heavy atom. The number of fused-ring (bicyclic) bond motifs is 3. The molecule has 0 radical (unpaired) electrons. The van der Waals surface area contributed by atoms with Gasteiger partial charge in [0, 0.05) is 16.1 Å². The molecule has 0 aliphatic carbocycles. The van der Waals surface area contributed by atoms with Crippen LogP contribution in [0.1, 0.15) is 5.56 Å². The van der Waals surface area contributed by atoms with Crippen LogP contribution in [0.2, 0.25) is 0 Å². The van der Waals surface area contributed by atoms with Gasteiger partial charge in [0.2, 0.25) is 0 Å². The molecule has 0 fully saturated rings. The largest absolute Gasteiger partial charge is 0.457 e. The van der Waals surface area contributed by atoms with Gasteiger partial charge in [-0.25, -0.2) is 0 Å². The first kappa shape index (κ1) is 38.8. The molecular weight excluding hydrogens is 763 g/mol. The lowest BCUT2D eigenvalue weighted by Gasteiger charge is -2.20. The molecule has 0 aliphatic heterocycles. The van der Waals surface area contributed by atoms with Crippen LogP contribution in [0.25, 0.3) is 120 Å². The van der Waals surface area contributed by atoms with Crippen LogP contribution in [-0.4, -0.2) is 62.8 Å². The number of terminal acetylenes is 1. The second kappa shape index (κ2) is 14.1. The molecule has 1 aromatic heterocycles. The fourth-order valence-electron chi connectivity index (χ4n) is 11.6. The van der Waals surface area contributed by atoms with Gasteiger partial charge >= 0.3 is 0 Å². The van der Waals surface area contributed by atoms with E-state index in [0.717, 1.165) is 21.7 Å². The van der Waals surface area contributed by atoms with Crippen LogP contribution in [0.15, 0.2) is 132 Å². The lowest BCUT2D eigenvalue weighted by Crippen LogP contribution is -2.50. The summed E-state index contributed by atoms with van der Waals surface area (Å²) >= 11 is 0. The highest BCUT2D eigenvalue weighted by molar-refractivity contribution is 6.71. The minimum Gasteiger partial charge on any atom is -0.457 e. The number of rotatable bonds is 4. The molecule has 11 aromatic carbocycles. The molecule has 0 N–H and O–H groups in total. The third kappa shape index (κ3) is 5.32. The van der Waals surface area contributed by atoms with Gasteiger partial charge in [0.05, 0.1) is 0 Å². The molecule has 1 heterocycles. The molecule has 0 saturated heterocycles. The number of hydrogen-bond donors (Lipinski definition) is 0. The third-order valence-electron chi connectivity index (χ3n) is 15.3. The number of benzene rings is 11. The zero-order chi connectivity index (χ0) is 43.9. The normalized spacial score (nSPS) is 13.1. The Hall–Kier alpha value is -6.88. The minimum absolute atomic E-state index is 0.715. The Bertz CT molecular complexity index is 4180. The molecule has 0 saturated carbocycles. The van der Waals surface area contributed by atoms with E-state index < -0.39 is 0 Å². The van der Waals surface area contributed by atoms with Crippen LogP contribution in [0, 0.1) is 12.3 Å². The number of hydrogen-bond acceptors (Lipinski definition) is 1. The highest BCUT2D eigenvalue weighted by Gasteiger charge is 2.22. The molecule has 0 bridgehead atoms. The summed E-state index contributed by atoms with van der Waals surface area (Å²) in [6.45, 7) is 0. The maximum absolute atomic E-state index is 7.00. The molecule has 1 nitrogen and oxygen atoms in total. The van der Waals surface area contributed by atoms with Crippen molar-refractivity contribution in [2.24, 2.45) is 0 Å². The van der Waals surface area contributed by atoms with Crippen molar-refractivity contribution in [3.8, 4) is 34.6 Å². The van der Waals surface area contributed by atoms with Crippen molar-refractivity contribution in [3.05, 3.63) is 144 Å². The fourth-order valence-corrected chi connectivity index (χ4v) is 11.6. The molecule has 12 rings (SSSR count). The highest BCUT2D eigenvalue weighted by Crippen LogP contribution is 2.44. The van der Waals surface area contributed by atoms with Crippen LogP contribution in [0.3, 0.4) is 0 Å². The summed E-state index contributed by atoms with van der Waals surface area (Å²) in [5, 5.41) is 20.4. The van der Waals surface area contributed by atoms with Crippen LogP contribution >= 0.6 is 0 Å². The zero-order valence-electron chi connectivity index (χ0n) is 37.8. The maximum Gasteiger partial charge on any atom is 0.155 e. The topological polar surface area (TPSA) is 13.1 Å². The minimum atomic E-state index is 0.715. The maximum atomic E-state index is 7.00. The third-order valence-corrected chi connectivity index (χ3v) is 15.3. The van der Waals surface area contributed by atoms with Gasteiger partial charge in [-0.15, -0.1) is 17.3 Å². The average Bonchev–Trinajstić information content (AvgIpc) is 3.73. The summed E-state index contributed by atoms with van der Waals surface area (Å²) in [7, 11) is 17.9. The van der Waals surface area contributed by atoms with Gasteiger partial charge in [-0.3, -0.25) is 0 Å². The second-order valence-corrected chi connectivity index (χ2v) is 18.5. The molecule has 0 unspecified atom stereocenters. The summed E-state index contributed by atoms with van der Waals surface area (Å²) in [5.74, 6) is 2.98. The van der Waals surface area contributed by atoms with Gasteiger partial charge in [0.15, 0.2) is 7.85 Å². The molecular formula is C55H40B8O. The second-order valence-electron chi connectivity index (χ2n) is 18.5. The van der Waals surface area contributed by atoms with Crippen molar-refractivity contribution in [3.63, 3.8) is 0 Å². The van der Waals surface area contributed by atoms with E-state index in [1.165, 1.54) is 147 Å². The molecule has 0 atom stereocenters. The van der Waals surface area contributed by atoms with Crippen molar-refractivity contribution in [1.82, 2.24) is 0 Å². The molecule has 0 spiro atoms. The van der Waals surface area contributed by atoms with Crippen LogP contribution in [-0.2, 0) is 6.42 Å². The van der Waals surface area contributed by atoms with Gasteiger partial charge in [0.1, 0.15) is 65.9 Å². The lowest BCUT2D eigenvalue weighted by atomic mass is 9.61. The summed E-state index contributed by atoms with van der Waals surface area (Å²) in [6, 6.07) is 48.2. The van der Waals surface area contributed by atoms with E-state index in [2.05, 4.69) is 188 Å². The zero-order valence-corrected chi connectivity index (χ0v) is 37.8. The van der Waals surface area contributed by atoms with Crippen LogP contribution < -0.4 is 43.4 Å². The Morgan fingerprint density at radius 3 is 1.52 bits per heavy atom. The van der Waals surface area contributed by atoms with Gasteiger partial charge in [-0.1, -0.05) is 155 Å². The van der Waals surface area contributed by atoms with E-state index in [0.29, 0.717) is 6.42 Å². The van der Waals surface area contributed by atoms with Gasteiger partial charge in [0.25, 0.3) is 0 Å². The standard InChI is InChI=1S/C55H40B8O/c1-2-38(56)54-44(46-45-47(50(60)53(63)55(46)64-54)49(59)52(62)51(61)48(45)58)39(57)24-32-14-13-31(33-19-15-29-11-9-25-5-3-7-27-17-21-35(33)42(29)40(25)27)23-37(32)34-20-16-30-12-10-26-6-4-8-28-18-22-36(34)43(30)41(26)28/h1,3-23H,24,56-63H2/b44-39+,54-38-. The van der Waals surface area contributed by atoms with Crippen molar-refractivity contribution in [2.75, 3.05) is 0 Å². The Labute approximate surface area is 379 Å². The SMILES string of the molecule is B/C(Cc1ccc(-c2ccc3ccc4cccc5ccc2c3c45)cc1-c1ccc2ccc3cccc4ccc1c2c34)=c1/c(=C(/B)C#C)oc2c(B)c(B)c3c(B)c(B)c(B)c(B)c3c12. The quantitative estimate of drug-likeness (QED) is 0.145. The van der Waals surface area contributed by atoms with E-state index in [1.807, 2.05) is 7.85 Å². The summed E-state index contributed by atoms with van der Waals surface area (Å²) < 4.78 is 7.00. The van der Waals surface area contributed by atoms with Crippen molar-refractivity contribution in [2.45, 2.75) is 6.42 Å². The van der Waals surface area contributed by atoms with Crippen molar-refractivity contribution in [1.29, 1.82) is 0 Å². The van der Waals surface area contributed by atoms with E-state index in [4.69, 9.17) is 10.8 Å². The summed E-state index contributed by atoms with van der Waals surface area (Å²) in [5.41, 5.74) is 17.7. The van der Waals surface area contributed by atoms with E-state index in [-0.39, 0.29) is 0 Å². The molecule has 9 heteroatoms. The fraction of sp³-hybridized carbons (Fsp3) is 0.0182. The summed E-state index contributed by atoms with van der Waals surface area (Å²) in [6.07, 6.45) is 6.96. The van der Waals surface area contributed by atoms with Crippen LogP contribution in [0.4, 0.5) is 0 Å². The van der Waals surface area contributed by atoms with Gasteiger partial charge < -0.3 is 4.42 Å². The molecule has 12 aromatic rings. The van der Waals surface area contributed by atoms with Gasteiger partial charge in [-0.05, 0) is 116 Å². The van der Waals surface area contributed by atoms with Gasteiger partial charge in [-0.2, -0.15) is 0 Å². The first-order valence-corrected chi connectivity index (χ1v) is 22.6. The Balaban J connectivity index is 1.18. The Morgan fingerprint density at radius 1 is 0.453 bits per heavy atom. The lowest BCUT2D eigenvalue weighted by molar-refractivity contribution is 0.577. The predicted molar refractivity (Wildman–Crippen MR) is 303 cm³/mol. The molecule has 0 amide bonds. The predicted octanol–water partition coefficient (Wildman–Crippen LogP) is 0.624. The first-order chi connectivity index (χ1) is 31.0. The van der Waals surface area contributed by atoms with Crippen LogP contribution in [0.5, 0.6) is 0 Å². The smallest absolute Gasteiger partial charge is 0.155 e. The molecule has 64 heavy (non-hydrogen) atoms. The van der Waals surface area contributed by atoms with E-state index >= 15 is 0 Å². The molecule has 290 valence electrons. The number of furan rings is 1. The van der Waals surface area contributed by atoms with Crippen molar-refractivity contribution >= 4 is 193 Å². The Kier molecular flexibility index (Phi) is 8.52. The molecule has 0 aliphatic rings. The average molecular weight is 803 g/mol. The van der Waals surface area contributed by atoms with Crippen molar-refractivity contribution < 1.29 is 4.42 Å². The summed E-state index contributed by atoms with van der Waals surface area (Å²) in [4.78, 5) is 0.